The Morgan fingerprint density at radius 1 is 0.972 bits per heavy atom. The van der Waals surface area contributed by atoms with E-state index in [-0.39, 0.29) is 18.5 Å². The lowest BCUT2D eigenvalue weighted by Crippen LogP contribution is -2.72. The van der Waals surface area contributed by atoms with Gasteiger partial charge in [-0.1, -0.05) is 49.2 Å². The number of fused-ring (bicyclic) bond motifs is 5. The third-order valence-electron chi connectivity index (χ3n) is 7.82. The molecule has 3 aromatic rings. The number of carbonyl (C=O) groups excluding carboxylic acids is 3. The third kappa shape index (κ3) is 3.33. The monoisotopic (exact) mass is 485 g/mol. The zero-order chi connectivity index (χ0) is 24.9. The number of benzene rings is 1. The second-order valence-corrected chi connectivity index (χ2v) is 9.81. The van der Waals surface area contributed by atoms with E-state index >= 15 is 0 Å². The van der Waals surface area contributed by atoms with Crippen LogP contribution in [0.25, 0.3) is 5.65 Å². The molecule has 9 heteroatoms. The lowest BCUT2D eigenvalue weighted by Gasteiger charge is -2.50. The van der Waals surface area contributed by atoms with Crippen molar-refractivity contribution in [1.82, 2.24) is 19.6 Å². The van der Waals surface area contributed by atoms with Crippen molar-refractivity contribution in [3.63, 3.8) is 0 Å². The van der Waals surface area contributed by atoms with Crippen molar-refractivity contribution in [1.29, 1.82) is 0 Å². The first kappa shape index (κ1) is 22.5. The number of nitrogens with zero attached hydrogens (tertiary/aromatic N) is 4. The number of pyridine rings is 1. The second-order valence-electron chi connectivity index (χ2n) is 9.81. The number of hydrogen-bond acceptors (Lipinski definition) is 6. The maximum atomic E-state index is 14.2. The van der Waals surface area contributed by atoms with Gasteiger partial charge in [0.15, 0.2) is 5.41 Å². The molecule has 3 aliphatic rings. The molecule has 6 rings (SSSR count). The van der Waals surface area contributed by atoms with Crippen molar-refractivity contribution in [2.45, 2.75) is 44.6 Å². The van der Waals surface area contributed by atoms with Gasteiger partial charge in [0.1, 0.15) is 11.5 Å². The normalized spacial score (nSPS) is 23.9. The average Bonchev–Trinajstić information content (AvgIpc) is 3.15. The summed E-state index contributed by atoms with van der Waals surface area (Å²) in [6.07, 6.45) is 5.33. The number of barbiturate groups is 1. The highest BCUT2D eigenvalue weighted by molar-refractivity contribution is 6.20. The molecule has 1 N–H and O–H groups in total. The van der Waals surface area contributed by atoms with Crippen molar-refractivity contribution >= 4 is 29.3 Å². The van der Waals surface area contributed by atoms with Gasteiger partial charge in [0.2, 0.25) is 11.8 Å². The summed E-state index contributed by atoms with van der Waals surface area (Å²) < 4.78 is 1.45. The first-order chi connectivity index (χ1) is 17.5. The van der Waals surface area contributed by atoms with Crippen molar-refractivity contribution in [2.75, 3.05) is 18.0 Å². The number of rotatable bonds is 3. The third-order valence-corrected chi connectivity index (χ3v) is 7.82. The molecule has 0 radical (unpaired) electrons. The number of imide groups is 2. The topological polar surface area (TPSA) is 104 Å². The van der Waals surface area contributed by atoms with Crippen LogP contribution >= 0.6 is 0 Å². The Morgan fingerprint density at radius 2 is 1.78 bits per heavy atom. The summed E-state index contributed by atoms with van der Waals surface area (Å²) in [6, 6.07) is 13.8. The molecule has 1 spiro atoms. The molecule has 3 aliphatic heterocycles. The lowest BCUT2D eigenvalue weighted by atomic mass is 9.68. The molecule has 0 bridgehead atoms. The summed E-state index contributed by atoms with van der Waals surface area (Å²) in [6.45, 7) is 0.742. The van der Waals surface area contributed by atoms with Gasteiger partial charge < -0.3 is 4.90 Å². The molecule has 2 aromatic heterocycles. The number of anilines is 1. The molecule has 0 aliphatic carbocycles. The molecule has 5 heterocycles. The highest BCUT2D eigenvalue weighted by Gasteiger charge is 2.62. The van der Waals surface area contributed by atoms with Crippen LogP contribution in [0.3, 0.4) is 0 Å². The van der Waals surface area contributed by atoms with Crippen LogP contribution < -0.4 is 15.8 Å². The Bertz CT molecular complexity index is 1440. The highest BCUT2D eigenvalue weighted by Crippen LogP contribution is 2.45. The van der Waals surface area contributed by atoms with E-state index in [0.29, 0.717) is 36.4 Å². The Kier molecular flexibility index (Phi) is 5.35. The summed E-state index contributed by atoms with van der Waals surface area (Å²) in [5.41, 5.74) is 0.0113. The Labute approximate surface area is 207 Å². The van der Waals surface area contributed by atoms with E-state index in [1.807, 2.05) is 41.3 Å². The van der Waals surface area contributed by atoms with E-state index in [0.717, 1.165) is 29.7 Å². The predicted molar refractivity (Wildman–Crippen MR) is 133 cm³/mol. The molecular formula is C27H27N5O4. The smallest absolute Gasteiger partial charge is 0.330 e. The minimum atomic E-state index is -1.56. The summed E-state index contributed by atoms with van der Waals surface area (Å²) >= 11 is 0. The predicted octanol–water partition coefficient (Wildman–Crippen LogP) is 2.31. The number of amides is 4. The van der Waals surface area contributed by atoms with Gasteiger partial charge in [-0.05, 0) is 37.0 Å². The zero-order valence-electron chi connectivity index (χ0n) is 19.9. The molecule has 36 heavy (non-hydrogen) atoms. The molecule has 2 fully saturated rings. The standard InChI is InChI=1S/C27H27N5O4/c33-23-19-17-27(24(34)29-26(36)32(25(27)35)16-13-18-9-3-1-4-10-18)20-11-5-2-7-14-30(20)22(19)28-21-12-6-8-15-31(21)23/h1,3-4,6,8-10,12,15,20H,2,5,7,11,13-14,16-17H2,(H,29,34,36)/t20-,27+/m1/s1. The fourth-order valence-electron chi connectivity index (χ4n) is 6.02. The van der Waals surface area contributed by atoms with Gasteiger partial charge in [-0.25, -0.2) is 9.78 Å². The fourth-order valence-corrected chi connectivity index (χ4v) is 6.02. The van der Waals surface area contributed by atoms with Crippen molar-refractivity contribution < 1.29 is 14.4 Å². The van der Waals surface area contributed by atoms with Crippen LogP contribution in [-0.2, 0) is 22.4 Å². The number of urea groups is 1. The van der Waals surface area contributed by atoms with E-state index in [9.17, 15) is 19.2 Å². The van der Waals surface area contributed by atoms with E-state index in [1.165, 1.54) is 4.40 Å². The molecule has 4 amide bonds. The SMILES string of the molecule is O=C1NC(=O)[C@@]2(Cc3c(nc4ccccn4c3=O)N3CCCCC[C@@H]32)C(=O)N1CCc1ccccc1. The van der Waals surface area contributed by atoms with Crippen molar-refractivity contribution in [3.05, 3.63) is 76.2 Å². The average molecular weight is 486 g/mol. The van der Waals surface area contributed by atoms with E-state index < -0.39 is 29.3 Å². The van der Waals surface area contributed by atoms with E-state index in [1.54, 1.807) is 18.3 Å². The van der Waals surface area contributed by atoms with Crippen molar-refractivity contribution in [2.24, 2.45) is 5.41 Å². The summed E-state index contributed by atoms with van der Waals surface area (Å²) in [5.74, 6) is -0.585. The summed E-state index contributed by atoms with van der Waals surface area (Å²) in [5, 5.41) is 2.47. The number of aromatic nitrogens is 2. The number of nitrogens with one attached hydrogen (secondary N) is 1. The Balaban J connectivity index is 1.47. The largest absolute Gasteiger partial charge is 0.352 e. The molecule has 2 atom stereocenters. The van der Waals surface area contributed by atoms with Gasteiger partial charge in [0, 0.05) is 25.7 Å². The first-order valence-corrected chi connectivity index (χ1v) is 12.5. The van der Waals surface area contributed by atoms with Crippen LogP contribution in [0.5, 0.6) is 0 Å². The van der Waals surface area contributed by atoms with Gasteiger partial charge in [-0.15, -0.1) is 0 Å². The molecule has 1 aromatic carbocycles. The quantitative estimate of drug-likeness (QED) is 0.571. The van der Waals surface area contributed by atoms with Crippen LogP contribution in [-0.4, -0.2) is 51.3 Å². The minimum Gasteiger partial charge on any atom is -0.352 e. The van der Waals surface area contributed by atoms with Crippen LogP contribution in [0.4, 0.5) is 10.6 Å². The van der Waals surface area contributed by atoms with E-state index in [4.69, 9.17) is 4.98 Å². The second kappa shape index (κ2) is 8.58. The van der Waals surface area contributed by atoms with Gasteiger partial charge >= 0.3 is 6.03 Å². The zero-order valence-corrected chi connectivity index (χ0v) is 19.9. The Hall–Kier alpha value is -4.01. The summed E-state index contributed by atoms with van der Waals surface area (Å²) in [7, 11) is 0. The highest BCUT2D eigenvalue weighted by atomic mass is 16.2. The van der Waals surface area contributed by atoms with Gasteiger partial charge in [0.25, 0.3) is 5.56 Å². The van der Waals surface area contributed by atoms with Crippen LogP contribution in [0.15, 0.2) is 59.5 Å². The van der Waals surface area contributed by atoms with Gasteiger partial charge in [0.05, 0.1) is 11.6 Å². The first-order valence-electron chi connectivity index (χ1n) is 12.5. The molecule has 0 saturated carbocycles. The minimum absolute atomic E-state index is 0.0764. The molecular weight excluding hydrogens is 458 g/mol. The van der Waals surface area contributed by atoms with Crippen LogP contribution in [0.2, 0.25) is 0 Å². The maximum absolute atomic E-state index is 14.2. The summed E-state index contributed by atoms with van der Waals surface area (Å²) in [4.78, 5) is 62.2. The fraction of sp³-hybridized carbons (Fsp3) is 0.370. The molecule has 0 unspecified atom stereocenters. The number of hydrogen-bond donors (Lipinski definition) is 1. The van der Waals surface area contributed by atoms with Crippen molar-refractivity contribution in [3.8, 4) is 0 Å². The van der Waals surface area contributed by atoms with Gasteiger partial charge in [-0.2, -0.15) is 0 Å². The maximum Gasteiger partial charge on any atom is 0.330 e. The van der Waals surface area contributed by atoms with Crippen LogP contribution in [0.1, 0.15) is 36.8 Å². The lowest BCUT2D eigenvalue weighted by molar-refractivity contribution is -0.153. The molecule has 9 nitrogen and oxygen atoms in total. The molecule has 2 saturated heterocycles. The molecule has 184 valence electrons. The van der Waals surface area contributed by atoms with E-state index in [2.05, 4.69) is 5.32 Å². The van der Waals surface area contributed by atoms with Gasteiger partial charge in [-0.3, -0.25) is 29.0 Å². The Morgan fingerprint density at radius 3 is 2.61 bits per heavy atom. The number of carbonyl (C=O) groups is 3. The van der Waals surface area contributed by atoms with Crippen LogP contribution in [0, 0.1) is 5.41 Å².